The third kappa shape index (κ3) is 4.59. The van der Waals surface area contributed by atoms with Gasteiger partial charge in [-0.2, -0.15) is 4.58 Å². The zero-order valence-electron chi connectivity index (χ0n) is 30.1. The number of para-hydroxylation sites is 4. The van der Waals surface area contributed by atoms with Gasteiger partial charge < -0.3 is 13.7 Å². The van der Waals surface area contributed by atoms with E-state index in [-0.39, 0.29) is 0 Å². The van der Waals surface area contributed by atoms with Crippen molar-refractivity contribution in [3.05, 3.63) is 185 Å². The second kappa shape index (κ2) is 11.9. The van der Waals surface area contributed by atoms with Crippen LogP contribution in [-0.2, 0) is 0 Å². The van der Waals surface area contributed by atoms with Gasteiger partial charge >= 0.3 is 0 Å². The van der Waals surface area contributed by atoms with Crippen LogP contribution in [0.3, 0.4) is 0 Å². The summed E-state index contributed by atoms with van der Waals surface area (Å²) in [6.45, 7) is 0. The Morgan fingerprint density at radius 2 is 1.42 bits per heavy atom. The van der Waals surface area contributed by atoms with Gasteiger partial charge in [0.2, 0.25) is 0 Å². The molecule has 262 valence electrons. The van der Waals surface area contributed by atoms with Crippen molar-refractivity contribution in [1.82, 2.24) is 0 Å². The van der Waals surface area contributed by atoms with Crippen LogP contribution >= 0.6 is 0 Å². The summed E-state index contributed by atoms with van der Waals surface area (Å²) in [4.78, 5) is 7.73. The van der Waals surface area contributed by atoms with E-state index in [9.17, 15) is 0 Å². The van der Waals surface area contributed by atoms with Crippen LogP contribution in [0.25, 0.3) is 45.1 Å². The minimum Gasteiger partial charge on any atom is -0.456 e. The van der Waals surface area contributed by atoms with Crippen molar-refractivity contribution >= 4 is 73.8 Å². The maximum absolute atomic E-state index is 6.66. The lowest BCUT2D eigenvalue weighted by Gasteiger charge is -2.33. The SMILES string of the molecule is C1=C2C(CC(C3C=c4c(oc5cccc([N+]6=C(c7cccc8c7oc7ccccc78)N=C6c6ccccc6)c45)=CC3)C1)c1ccccc1N2c1ccccc1. The van der Waals surface area contributed by atoms with Gasteiger partial charge in [0.05, 0.1) is 16.5 Å². The van der Waals surface area contributed by atoms with Crippen LogP contribution in [-0.4, -0.2) is 16.2 Å². The summed E-state index contributed by atoms with van der Waals surface area (Å²) in [5, 5.41) is 4.52. The maximum atomic E-state index is 6.66. The number of nitrogens with zero attached hydrogens (tertiary/aromatic N) is 3. The average molecular weight is 711 g/mol. The van der Waals surface area contributed by atoms with E-state index >= 15 is 0 Å². The number of hydrogen-bond acceptors (Lipinski definition) is 4. The van der Waals surface area contributed by atoms with Crippen molar-refractivity contribution in [3.63, 3.8) is 0 Å². The molecule has 3 unspecified atom stereocenters. The van der Waals surface area contributed by atoms with Crippen LogP contribution in [0.2, 0.25) is 0 Å². The molecule has 0 amide bonds. The molecule has 4 heterocycles. The average Bonchev–Trinajstić information content (AvgIpc) is 3.91. The van der Waals surface area contributed by atoms with Crippen LogP contribution < -0.4 is 15.5 Å². The van der Waals surface area contributed by atoms with Gasteiger partial charge in [0.25, 0.3) is 11.7 Å². The fourth-order valence-corrected chi connectivity index (χ4v) is 9.71. The first-order valence-electron chi connectivity index (χ1n) is 19.4. The molecule has 0 fully saturated rings. The van der Waals surface area contributed by atoms with Crippen molar-refractivity contribution in [2.24, 2.45) is 16.8 Å². The van der Waals surface area contributed by atoms with Crippen molar-refractivity contribution in [3.8, 4) is 0 Å². The first-order chi connectivity index (χ1) is 27.3. The lowest BCUT2D eigenvalue weighted by atomic mass is 9.74. The summed E-state index contributed by atoms with van der Waals surface area (Å²) in [6.07, 6.45) is 10.5. The van der Waals surface area contributed by atoms with Crippen LogP contribution in [0.5, 0.6) is 0 Å². The van der Waals surface area contributed by atoms with Gasteiger partial charge in [-0.3, -0.25) is 0 Å². The van der Waals surface area contributed by atoms with Crippen LogP contribution in [0.4, 0.5) is 17.1 Å². The van der Waals surface area contributed by atoms with Crippen molar-refractivity contribution in [1.29, 1.82) is 0 Å². The highest BCUT2D eigenvalue weighted by molar-refractivity contribution is 6.22. The lowest BCUT2D eigenvalue weighted by Crippen LogP contribution is -2.35. The molecule has 0 saturated carbocycles. The molecule has 4 aliphatic rings. The molecular weight excluding hydrogens is 675 g/mol. The van der Waals surface area contributed by atoms with Gasteiger partial charge in [-0.1, -0.05) is 108 Å². The predicted octanol–water partition coefficient (Wildman–Crippen LogP) is 10.7. The molecule has 2 aliphatic heterocycles. The van der Waals surface area contributed by atoms with E-state index in [4.69, 9.17) is 13.8 Å². The van der Waals surface area contributed by atoms with Crippen molar-refractivity contribution < 1.29 is 13.4 Å². The Morgan fingerprint density at radius 3 is 2.33 bits per heavy atom. The summed E-state index contributed by atoms with van der Waals surface area (Å²) >= 11 is 0. The molecule has 55 heavy (non-hydrogen) atoms. The minimum absolute atomic E-state index is 0.380. The highest BCUT2D eigenvalue weighted by atomic mass is 16.3. The fourth-order valence-electron chi connectivity index (χ4n) is 9.71. The smallest absolute Gasteiger partial charge is 0.283 e. The molecule has 2 aliphatic carbocycles. The Hall–Kier alpha value is -6.72. The predicted molar refractivity (Wildman–Crippen MR) is 222 cm³/mol. The number of fused-ring (bicyclic) bond motifs is 9. The molecule has 0 radical (unpaired) electrons. The Balaban J connectivity index is 0.991. The molecular formula is C50H36N3O2+. The number of furan rings is 2. The number of hydrogen-bond donors (Lipinski definition) is 0. The number of benzene rings is 6. The Kier molecular flexibility index (Phi) is 6.64. The quantitative estimate of drug-likeness (QED) is 0.167. The largest absolute Gasteiger partial charge is 0.456 e. The van der Waals surface area contributed by atoms with Crippen LogP contribution in [0, 0.1) is 11.8 Å². The molecule has 6 aromatic carbocycles. The van der Waals surface area contributed by atoms with E-state index in [0.29, 0.717) is 17.8 Å². The number of anilines is 2. The summed E-state index contributed by atoms with van der Waals surface area (Å²) in [5.41, 5.74) is 12.1. The van der Waals surface area contributed by atoms with E-state index in [2.05, 4.69) is 161 Å². The number of amidine groups is 2. The highest BCUT2D eigenvalue weighted by Crippen LogP contribution is 2.53. The molecule has 0 N–H and O–H groups in total. The zero-order valence-corrected chi connectivity index (χ0v) is 30.1. The van der Waals surface area contributed by atoms with E-state index in [1.165, 1.54) is 27.9 Å². The summed E-state index contributed by atoms with van der Waals surface area (Å²) in [6, 6.07) is 51.4. The van der Waals surface area contributed by atoms with Crippen molar-refractivity contribution in [2.75, 3.05) is 4.90 Å². The number of rotatable bonds is 5. The van der Waals surface area contributed by atoms with E-state index in [1.807, 2.05) is 12.1 Å². The van der Waals surface area contributed by atoms with E-state index in [0.717, 1.165) is 86.1 Å². The Labute approximate surface area is 317 Å². The summed E-state index contributed by atoms with van der Waals surface area (Å²) in [7, 11) is 0. The fraction of sp³-hybridized carbons (Fsp3) is 0.120. The first-order valence-corrected chi connectivity index (χ1v) is 19.4. The molecule has 5 nitrogen and oxygen atoms in total. The Morgan fingerprint density at radius 1 is 0.655 bits per heavy atom. The van der Waals surface area contributed by atoms with Crippen molar-refractivity contribution in [2.45, 2.75) is 25.2 Å². The number of allylic oxidation sites excluding steroid dienone is 2. The topological polar surface area (TPSA) is 44.9 Å². The first kappa shape index (κ1) is 30.7. The van der Waals surface area contributed by atoms with E-state index in [1.54, 1.807) is 0 Å². The van der Waals surface area contributed by atoms with Crippen LogP contribution in [0.15, 0.2) is 171 Å². The standard InChI is InChI=1S/C50H36N3O2/c1-3-13-31(14-4-1)49-51-50(38-20-11-19-37-36-18-8-10-23-44(36)55-48(37)38)53(49)43-22-12-24-46-47(43)40-30-33(26-28-45(40)54-46)32-25-27-42-39(29-32)35-17-7-9-21-41(35)52(42)34-15-5-2-6-16-34/h1-24,27-28,30,32-33,39H,25-26,29H2/q+1. The van der Waals surface area contributed by atoms with Gasteiger partial charge in [-0.05, 0) is 97.3 Å². The third-order valence-corrected chi connectivity index (χ3v) is 12.2. The second-order valence-corrected chi connectivity index (χ2v) is 15.2. The molecule has 2 aromatic heterocycles. The molecule has 0 bridgehead atoms. The zero-order chi connectivity index (χ0) is 36.0. The monoisotopic (exact) mass is 710 g/mol. The molecule has 8 aromatic rings. The summed E-state index contributed by atoms with van der Waals surface area (Å²) < 4.78 is 15.5. The van der Waals surface area contributed by atoms with Gasteiger partial charge in [0.15, 0.2) is 0 Å². The summed E-state index contributed by atoms with van der Waals surface area (Å²) in [5.74, 6) is 3.07. The van der Waals surface area contributed by atoms with E-state index < -0.39 is 0 Å². The second-order valence-electron chi connectivity index (χ2n) is 15.2. The molecule has 5 heteroatoms. The van der Waals surface area contributed by atoms with Crippen LogP contribution in [0.1, 0.15) is 41.9 Å². The minimum atomic E-state index is 0.380. The lowest BCUT2D eigenvalue weighted by molar-refractivity contribution is -0.317. The molecule has 3 atom stereocenters. The highest BCUT2D eigenvalue weighted by Gasteiger charge is 2.40. The molecule has 0 saturated heterocycles. The van der Waals surface area contributed by atoms with Gasteiger partial charge in [-0.15, -0.1) is 0 Å². The molecule has 12 rings (SSSR count). The third-order valence-electron chi connectivity index (χ3n) is 12.2. The number of aliphatic imine (C=N–C) groups is 1. The maximum Gasteiger partial charge on any atom is 0.283 e. The molecule has 0 spiro atoms. The normalized spacial score (nSPS) is 20.0. The van der Waals surface area contributed by atoms with Gasteiger partial charge in [0, 0.05) is 39.0 Å². The van der Waals surface area contributed by atoms with Gasteiger partial charge in [-0.25, -0.2) is 0 Å². The van der Waals surface area contributed by atoms with Gasteiger partial charge in [0.1, 0.15) is 27.9 Å². The Bertz CT molecular complexity index is 3090.